The molecule has 3 aromatic rings. The van der Waals surface area contributed by atoms with E-state index in [1.807, 2.05) is 35.2 Å². The first kappa shape index (κ1) is 24.0. The Morgan fingerprint density at radius 1 is 1.00 bits per heavy atom. The number of carbonyl (C=O) groups excluding carboxylic acids is 1. The molecule has 0 N–H and O–H groups in total. The third kappa shape index (κ3) is 5.05. The Hall–Kier alpha value is -4.38. The lowest BCUT2D eigenvalue weighted by molar-refractivity contribution is -0.385. The topological polar surface area (TPSA) is 111 Å². The predicted octanol–water partition coefficient (Wildman–Crippen LogP) is 3.22. The van der Waals surface area contributed by atoms with Crippen LogP contribution in [0.1, 0.15) is 11.1 Å². The summed E-state index contributed by atoms with van der Waals surface area (Å²) in [7, 11) is 0. The SMILES string of the molecule is O=C(CN1CCc2cc(Oc3ccc([N+](=O)[O-])cn3)ccc21)N1CCN(Cc2ccc3c(c2)OCO3)CC1. The lowest BCUT2D eigenvalue weighted by Crippen LogP contribution is -2.50. The molecule has 0 spiro atoms. The van der Waals surface area contributed by atoms with Gasteiger partial charge in [-0.2, -0.15) is 0 Å². The second-order valence-electron chi connectivity index (χ2n) is 9.52. The molecule has 0 bridgehead atoms. The second-order valence-corrected chi connectivity index (χ2v) is 9.52. The fourth-order valence-corrected chi connectivity index (χ4v) is 5.05. The molecule has 196 valence electrons. The van der Waals surface area contributed by atoms with Crippen molar-refractivity contribution in [2.45, 2.75) is 13.0 Å². The molecular weight excluding hydrogens is 490 g/mol. The average molecular weight is 518 g/mol. The van der Waals surface area contributed by atoms with E-state index in [9.17, 15) is 14.9 Å². The highest BCUT2D eigenvalue weighted by atomic mass is 16.7. The molecule has 1 fully saturated rings. The van der Waals surface area contributed by atoms with Crippen molar-refractivity contribution in [1.82, 2.24) is 14.8 Å². The van der Waals surface area contributed by atoms with Gasteiger partial charge in [0.25, 0.3) is 5.69 Å². The molecule has 0 radical (unpaired) electrons. The molecule has 38 heavy (non-hydrogen) atoms. The van der Waals surface area contributed by atoms with Gasteiger partial charge < -0.3 is 24.0 Å². The van der Waals surface area contributed by atoms with E-state index in [4.69, 9.17) is 14.2 Å². The maximum Gasteiger partial charge on any atom is 0.287 e. The lowest BCUT2D eigenvalue weighted by Gasteiger charge is -2.35. The molecule has 4 heterocycles. The number of anilines is 1. The fraction of sp³-hybridized carbons (Fsp3) is 0.333. The molecule has 1 saturated heterocycles. The molecule has 3 aliphatic heterocycles. The van der Waals surface area contributed by atoms with E-state index < -0.39 is 4.92 Å². The van der Waals surface area contributed by atoms with Crippen molar-refractivity contribution in [1.29, 1.82) is 0 Å². The minimum Gasteiger partial charge on any atom is -0.454 e. The number of aromatic nitrogens is 1. The summed E-state index contributed by atoms with van der Waals surface area (Å²) in [5.74, 6) is 2.62. The van der Waals surface area contributed by atoms with Crippen LogP contribution in [0.15, 0.2) is 54.7 Å². The van der Waals surface area contributed by atoms with Gasteiger partial charge in [0.05, 0.1) is 11.5 Å². The maximum atomic E-state index is 13.1. The normalized spacial score (nSPS) is 16.4. The van der Waals surface area contributed by atoms with Gasteiger partial charge in [-0.15, -0.1) is 0 Å². The number of benzene rings is 2. The summed E-state index contributed by atoms with van der Waals surface area (Å²) in [6, 6.07) is 14.6. The zero-order chi connectivity index (χ0) is 26.1. The third-order valence-corrected chi connectivity index (χ3v) is 7.09. The first-order valence-electron chi connectivity index (χ1n) is 12.6. The number of ether oxygens (including phenoxy) is 3. The summed E-state index contributed by atoms with van der Waals surface area (Å²) < 4.78 is 16.6. The zero-order valence-electron chi connectivity index (χ0n) is 20.7. The summed E-state index contributed by atoms with van der Waals surface area (Å²) in [6.45, 7) is 5.28. The number of hydrogen-bond acceptors (Lipinski definition) is 9. The van der Waals surface area contributed by atoms with Gasteiger partial charge >= 0.3 is 0 Å². The highest BCUT2D eigenvalue weighted by molar-refractivity contribution is 5.82. The smallest absolute Gasteiger partial charge is 0.287 e. The zero-order valence-corrected chi connectivity index (χ0v) is 20.7. The van der Waals surface area contributed by atoms with Gasteiger partial charge in [0.2, 0.25) is 18.6 Å². The number of fused-ring (bicyclic) bond motifs is 2. The number of nitro groups is 1. The van der Waals surface area contributed by atoms with Crippen LogP contribution in [0.2, 0.25) is 0 Å². The highest BCUT2D eigenvalue weighted by Gasteiger charge is 2.27. The first-order chi connectivity index (χ1) is 18.5. The van der Waals surface area contributed by atoms with Gasteiger partial charge in [-0.05, 0) is 47.9 Å². The van der Waals surface area contributed by atoms with Gasteiger partial charge in [-0.1, -0.05) is 6.07 Å². The Kier molecular flexibility index (Phi) is 6.42. The van der Waals surface area contributed by atoms with Gasteiger partial charge in [-0.3, -0.25) is 19.8 Å². The molecule has 1 amide bonds. The molecule has 0 aliphatic carbocycles. The standard InChI is InChI=1S/C27H27N5O6/c33-27(30-11-9-29(10-12-30)16-19-1-5-24-25(13-19)37-18-36-24)17-31-8-7-20-14-22(3-4-23(20)31)38-26-6-2-21(15-28-26)32(34)35/h1-6,13-15H,7-12,16-18H2. The van der Waals surface area contributed by atoms with Crippen molar-refractivity contribution >= 4 is 17.3 Å². The van der Waals surface area contributed by atoms with Crippen LogP contribution in [0.5, 0.6) is 23.1 Å². The van der Waals surface area contributed by atoms with Crippen LogP contribution >= 0.6 is 0 Å². The van der Waals surface area contributed by atoms with E-state index in [-0.39, 0.29) is 18.4 Å². The molecule has 0 unspecified atom stereocenters. The monoisotopic (exact) mass is 517 g/mol. The van der Waals surface area contributed by atoms with Gasteiger partial charge in [-0.25, -0.2) is 4.98 Å². The number of rotatable bonds is 7. The van der Waals surface area contributed by atoms with Crippen molar-refractivity contribution < 1.29 is 23.9 Å². The molecule has 1 aromatic heterocycles. The van der Waals surface area contributed by atoms with E-state index in [2.05, 4.69) is 20.9 Å². The number of nitrogens with zero attached hydrogens (tertiary/aromatic N) is 5. The Labute approximate surface area is 219 Å². The Balaban J connectivity index is 1.01. The summed E-state index contributed by atoms with van der Waals surface area (Å²) in [5, 5.41) is 10.8. The van der Waals surface area contributed by atoms with Crippen molar-refractivity contribution in [3.05, 3.63) is 76.0 Å². The Morgan fingerprint density at radius 2 is 1.84 bits per heavy atom. The summed E-state index contributed by atoms with van der Waals surface area (Å²) in [6.07, 6.45) is 1.99. The van der Waals surface area contributed by atoms with Gasteiger partial charge in [0, 0.05) is 57.1 Å². The average Bonchev–Trinajstić information content (AvgIpc) is 3.56. The van der Waals surface area contributed by atoms with Crippen molar-refractivity contribution in [3.63, 3.8) is 0 Å². The predicted molar refractivity (Wildman–Crippen MR) is 138 cm³/mol. The van der Waals surface area contributed by atoms with E-state index in [1.54, 1.807) is 0 Å². The largest absolute Gasteiger partial charge is 0.454 e. The number of carbonyl (C=O) groups is 1. The minimum absolute atomic E-state index is 0.0854. The molecule has 11 heteroatoms. The number of hydrogen-bond donors (Lipinski definition) is 0. The number of pyridine rings is 1. The lowest BCUT2D eigenvalue weighted by atomic mass is 10.1. The van der Waals surface area contributed by atoms with Gasteiger partial charge in [0.15, 0.2) is 11.5 Å². The molecule has 0 saturated carbocycles. The molecule has 6 rings (SSSR count). The summed E-state index contributed by atoms with van der Waals surface area (Å²) >= 11 is 0. The van der Waals surface area contributed by atoms with Crippen LogP contribution in [0.3, 0.4) is 0 Å². The van der Waals surface area contributed by atoms with Crippen molar-refractivity contribution in [3.8, 4) is 23.1 Å². The van der Waals surface area contributed by atoms with E-state index >= 15 is 0 Å². The van der Waals surface area contributed by atoms with Crippen LogP contribution in [0.4, 0.5) is 11.4 Å². The van der Waals surface area contributed by atoms with Crippen LogP contribution in [0.25, 0.3) is 0 Å². The molecule has 11 nitrogen and oxygen atoms in total. The van der Waals surface area contributed by atoms with Crippen molar-refractivity contribution in [2.75, 3.05) is 51.0 Å². The number of amides is 1. The molecule has 3 aliphatic rings. The molecule has 0 atom stereocenters. The maximum absolute atomic E-state index is 13.1. The minimum atomic E-state index is -0.497. The highest BCUT2D eigenvalue weighted by Crippen LogP contribution is 2.34. The second kappa shape index (κ2) is 10.2. The van der Waals surface area contributed by atoms with E-state index in [1.165, 1.54) is 23.9 Å². The Bertz CT molecular complexity index is 1360. The van der Waals surface area contributed by atoms with E-state index in [0.29, 0.717) is 31.3 Å². The Morgan fingerprint density at radius 3 is 2.63 bits per heavy atom. The quantitative estimate of drug-likeness (QED) is 0.345. The van der Waals surface area contributed by atoms with Crippen LogP contribution in [0, 0.1) is 10.1 Å². The third-order valence-electron chi connectivity index (χ3n) is 7.09. The number of piperazine rings is 1. The first-order valence-corrected chi connectivity index (χ1v) is 12.6. The van der Waals surface area contributed by atoms with Gasteiger partial charge in [0.1, 0.15) is 11.9 Å². The molecule has 2 aromatic carbocycles. The van der Waals surface area contributed by atoms with E-state index in [0.717, 1.165) is 55.3 Å². The summed E-state index contributed by atoms with van der Waals surface area (Å²) in [4.78, 5) is 33.8. The van der Waals surface area contributed by atoms with Crippen molar-refractivity contribution in [2.24, 2.45) is 0 Å². The van der Waals surface area contributed by atoms with Crippen LogP contribution in [-0.2, 0) is 17.8 Å². The van der Waals surface area contributed by atoms with Crippen LogP contribution < -0.4 is 19.1 Å². The van der Waals surface area contributed by atoms with Crippen LogP contribution in [-0.4, -0.2) is 71.7 Å². The summed E-state index contributed by atoms with van der Waals surface area (Å²) in [5.41, 5.74) is 3.22. The molecular formula is C27H27N5O6. The fourth-order valence-electron chi connectivity index (χ4n) is 5.05.